The maximum Gasteiger partial charge on any atom is 0.0287 e. The van der Waals surface area contributed by atoms with Gasteiger partial charge >= 0.3 is 0 Å². The van der Waals surface area contributed by atoms with Gasteiger partial charge in [-0.2, -0.15) is 0 Å². The first-order valence-electron chi connectivity index (χ1n) is 6.82. The molecule has 0 spiro atoms. The van der Waals surface area contributed by atoms with Crippen LogP contribution in [-0.2, 0) is 0 Å². The van der Waals surface area contributed by atoms with Crippen molar-refractivity contribution in [3.05, 3.63) is 11.6 Å². The summed E-state index contributed by atoms with van der Waals surface area (Å²) in [4.78, 5) is 0. The summed E-state index contributed by atoms with van der Waals surface area (Å²) in [5.74, 6) is 2.44. The Bertz CT molecular complexity index is 251. The second-order valence-electron chi connectivity index (χ2n) is 5.79. The molecule has 2 heterocycles. The third kappa shape index (κ3) is 2.67. The van der Waals surface area contributed by atoms with Gasteiger partial charge in [-0.1, -0.05) is 32.4 Å². The average Bonchev–Trinajstić information content (AvgIpc) is 2.86. The number of hydrogen-bond donors (Lipinski definition) is 2. The Kier molecular flexibility index (Phi) is 4.04. The molecule has 0 radical (unpaired) electrons. The van der Waals surface area contributed by atoms with E-state index in [1.165, 1.54) is 25.9 Å². The lowest BCUT2D eigenvalue weighted by atomic mass is 9.84. The zero-order valence-corrected chi connectivity index (χ0v) is 10.9. The van der Waals surface area contributed by atoms with Crippen molar-refractivity contribution in [1.82, 2.24) is 10.6 Å². The van der Waals surface area contributed by atoms with E-state index >= 15 is 0 Å². The molecule has 0 aromatic carbocycles. The van der Waals surface area contributed by atoms with Crippen LogP contribution in [0.25, 0.3) is 0 Å². The number of hydrogen-bond acceptors (Lipinski definition) is 2. The standard InChI is InChI=1S/C14H26N2/c1-10(2)13-5-7-16-14(13)8-11(3)12-4-6-15-9-12/h5,10-12,14-16H,4,6-9H2,1-3H3/t11?,12-,14?/m1/s1. The van der Waals surface area contributed by atoms with Gasteiger partial charge < -0.3 is 10.6 Å². The molecular formula is C14H26N2. The molecule has 0 bridgehead atoms. The molecule has 92 valence electrons. The summed E-state index contributed by atoms with van der Waals surface area (Å²) in [6.07, 6.45) is 5.08. The highest BCUT2D eigenvalue weighted by Crippen LogP contribution is 2.28. The van der Waals surface area contributed by atoms with Crippen LogP contribution in [0.5, 0.6) is 0 Å². The molecule has 2 aliphatic heterocycles. The largest absolute Gasteiger partial charge is 0.316 e. The Balaban J connectivity index is 1.86. The molecule has 2 nitrogen and oxygen atoms in total. The summed E-state index contributed by atoms with van der Waals surface area (Å²) in [6, 6.07) is 0.649. The second kappa shape index (κ2) is 5.33. The van der Waals surface area contributed by atoms with Gasteiger partial charge in [0.05, 0.1) is 0 Å². The van der Waals surface area contributed by atoms with Gasteiger partial charge in [0.1, 0.15) is 0 Å². The van der Waals surface area contributed by atoms with Gasteiger partial charge in [-0.05, 0) is 43.7 Å². The highest BCUT2D eigenvalue weighted by atomic mass is 14.9. The molecule has 0 aromatic rings. The van der Waals surface area contributed by atoms with E-state index in [0.717, 1.165) is 18.4 Å². The van der Waals surface area contributed by atoms with E-state index in [4.69, 9.17) is 0 Å². The summed E-state index contributed by atoms with van der Waals surface area (Å²) in [5, 5.41) is 7.11. The molecule has 1 fully saturated rings. The molecular weight excluding hydrogens is 196 g/mol. The average molecular weight is 222 g/mol. The lowest BCUT2D eigenvalue weighted by Gasteiger charge is -2.25. The van der Waals surface area contributed by atoms with E-state index in [0.29, 0.717) is 12.0 Å². The van der Waals surface area contributed by atoms with Crippen molar-refractivity contribution >= 4 is 0 Å². The zero-order chi connectivity index (χ0) is 11.5. The van der Waals surface area contributed by atoms with E-state index in [2.05, 4.69) is 37.5 Å². The van der Waals surface area contributed by atoms with E-state index < -0.39 is 0 Å². The molecule has 3 atom stereocenters. The van der Waals surface area contributed by atoms with Crippen LogP contribution in [-0.4, -0.2) is 25.7 Å². The normalized spacial score (nSPS) is 32.1. The van der Waals surface area contributed by atoms with E-state index in [1.54, 1.807) is 5.57 Å². The number of nitrogens with one attached hydrogen (secondary N) is 2. The fourth-order valence-corrected chi connectivity index (χ4v) is 3.16. The van der Waals surface area contributed by atoms with E-state index in [9.17, 15) is 0 Å². The van der Waals surface area contributed by atoms with Gasteiger partial charge in [0.15, 0.2) is 0 Å². The summed E-state index contributed by atoms with van der Waals surface area (Å²) >= 11 is 0. The van der Waals surface area contributed by atoms with Crippen molar-refractivity contribution < 1.29 is 0 Å². The van der Waals surface area contributed by atoms with Crippen LogP contribution in [0.2, 0.25) is 0 Å². The third-order valence-corrected chi connectivity index (χ3v) is 4.28. The van der Waals surface area contributed by atoms with E-state index in [-0.39, 0.29) is 0 Å². The summed E-state index contributed by atoms with van der Waals surface area (Å²) in [6.45, 7) is 10.6. The van der Waals surface area contributed by atoms with Gasteiger partial charge in [0, 0.05) is 12.6 Å². The topological polar surface area (TPSA) is 24.1 Å². The minimum Gasteiger partial charge on any atom is -0.316 e. The molecule has 0 saturated carbocycles. The Morgan fingerprint density at radius 3 is 2.81 bits per heavy atom. The lowest BCUT2D eigenvalue weighted by Crippen LogP contribution is -2.31. The molecule has 16 heavy (non-hydrogen) atoms. The van der Waals surface area contributed by atoms with Gasteiger partial charge in [-0.3, -0.25) is 0 Å². The Labute approximate surface area is 99.9 Å². The maximum atomic E-state index is 3.63. The molecule has 0 aromatic heterocycles. The highest BCUT2D eigenvalue weighted by molar-refractivity contribution is 5.19. The molecule has 2 aliphatic rings. The molecule has 0 aliphatic carbocycles. The van der Waals surface area contributed by atoms with Crippen molar-refractivity contribution in [2.24, 2.45) is 17.8 Å². The van der Waals surface area contributed by atoms with Crippen molar-refractivity contribution in [2.45, 2.75) is 39.7 Å². The quantitative estimate of drug-likeness (QED) is 0.712. The monoisotopic (exact) mass is 222 g/mol. The Hall–Kier alpha value is -0.340. The molecule has 0 amide bonds. The lowest BCUT2D eigenvalue weighted by molar-refractivity contribution is 0.332. The molecule has 2 N–H and O–H groups in total. The predicted molar refractivity (Wildman–Crippen MR) is 69.5 cm³/mol. The van der Waals surface area contributed by atoms with Crippen LogP contribution < -0.4 is 10.6 Å². The fourth-order valence-electron chi connectivity index (χ4n) is 3.16. The van der Waals surface area contributed by atoms with Crippen molar-refractivity contribution in [3.63, 3.8) is 0 Å². The maximum absolute atomic E-state index is 3.63. The summed E-state index contributed by atoms with van der Waals surface area (Å²) < 4.78 is 0. The molecule has 2 heteroatoms. The van der Waals surface area contributed by atoms with Gasteiger partial charge in [0.25, 0.3) is 0 Å². The third-order valence-electron chi connectivity index (χ3n) is 4.28. The van der Waals surface area contributed by atoms with E-state index in [1.807, 2.05) is 0 Å². The SMILES string of the molecule is CC(C)C1=CCNC1CC(C)[C@@H]1CCNC1. The van der Waals surface area contributed by atoms with Crippen molar-refractivity contribution in [1.29, 1.82) is 0 Å². The van der Waals surface area contributed by atoms with Crippen LogP contribution >= 0.6 is 0 Å². The summed E-state index contributed by atoms with van der Waals surface area (Å²) in [5.41, 5.74) is 1.64. The minimum atomic E-state index is 0.649. The second-order valence-corrected chi connectivity index (χ2v) is 5.79. The Morgan fingerprint density at radius 2 is 2.19 bits per heavy atom. The minimum absolute atomic E-state index is 0.649. The van der Waals surface area contributed by atoms with Crippen LogP contribution in [0.4, 0.5) is 0 Å². The first kappa shape index (κ1) is 12.1. The predicted octanol–water partition coefficient (Wildman–Crippen LogP) is 2.18. The zero-order valence-electron chi connectivity index (χ0n) is 10.9. The number of rotatable bonds is 4. The van der Waals surface area contributed by atoms with Gasteiger partial charge in [-0.15, -0.1) is 0 Å². The van der Waals surface area contributed by atoms with Gasteiger partial charge in [-0.25, -0.2) is 0 Å². The fraction of sp³-hybridized carbons (Fsp3) is 0.857. The first-order chi connectivity index (χ1) is 7.68. The first-order valence-corrected chi connectivity index (χ1v) is 6.82. The van der Waals surface area contributed by atoms with Crippen LogP contribution in [0.1, 0.15) is 33.6 Å². The van der Waals surface area contributed by atoms with Crippen molar-refractivity contribution in [3.8, 4) is 0 Å². The summed E-state index contributed by atoms with van der Waals surface area (Å²) in [7, 11) is 0. The highest BCUT2D eigenvalue weighted by Gasteiger charge is 2.27. The molecule has 2 rings (SSSR count). The Morgan fingerprint density at radius 1 is 1.38 bits per heavy atom. The molecule has 2 unspecified atom stereocenters. The van der Waals surface area contributed by atoms with Crippen LogP contribution in [0.15, 0.2) is 11.6 Å². The van der Waals surface area contributed by atoms with Crippen LogP contribution in [0.3, 0.4) is 0 Å². The van der Waals surface area contributed by atoms with Gasteiger partial charge in [0.2, 0.25) is 0 Å². The van der Waals surface area contributed by atoms with Crippen molar-refractivity contribution in [2.75, 3.05) is 19.6 Å². The molecule has 1 saturated heterocycles. The van der Waals surface area contributed by atoms with Crippen LogP contribution in [0, 0.1) is 17.8 Å². The smallest absolute Gasteiger partial charge is 0.0287 e.